The Morgan fingerprint density at radius 2 is 2.33 bits per heavy atom. The van der Waals surface area contributed by atoms with Crippen molar-refractivity contribution < 1.29 is 4.79 Å². The zero-order valence-electron chi connectivity index (χ0n) is 8.81. The van der Waals surface area contributed by atoms with E-state index in [1.165, 1.54) is 0 Å². The second-order valence-electron chi connectivity index (χ2n) is 3.18. The molecule has 1 amide bonds. The highest BCUT2D eigenvalue weighted by molar-refractivity contribution is 7.80. The molecule has 1 aromatic carbocycles. The third-order valence-corrected chi connectivity index (χ3v) is 2.39. The molecule has 0 N–H and O–H groups in total. The predicted molar refractivity (Wildman–Crippen MR) is 65.5 cm³/mol. The summed E-state index contributed by atoms with van der Waals surface area (Å²) in [5, 5.41) is 0. The summed E-state index contributed by atoms with van der Waals surface area (Å²) in [6.45, 7) is 6.84. The van der Waals surface area contributed by atoms with Crippen molar-refractivity contribution in [3.63, 3.8) is 0 Å². The van der Waals surface area contributed by atoms with Crippen LogP contribution < -0.4 is 0 Å². The lowest BCUT2D eigenvalue weighted by molar-refractivity contribution is 0.0782. The molecule has 0 aliphatic heterocycles. The molecule has 1 rings (SSSR count). The first-order chi connectivity index (χ1) is 7.19. The number of hydrogen-bond donors (Lipinski definition) is 1. The number of rotatable bonds is 4. The van der Waals surface area contributed by atoms with Gasteiger partial charge in [0.25, 0.3) is 5.91 Å². The van der Waals surface area contributed by atoms with Crippen molar-refractivity contribution in [1.29, 1.82) is 0 Å². The van der Waals surface area contributed by atoms with Crippen LogP contribution in [0.4, 0.5) is 0 Å². The van der Waals surface area contributed by atoms with Crippen LogP contribution >= 0.6 is 12.6 Å². The van der Waals surface area contributed by atoms with E-state index in [0.717, 1.165) is 4.90 Å². The van der Waals surface area contributed by atoms with E-state index in [0.29, 0.717) is 18.7 Å². The Morgan fingerprint density at radius 1 is 1.60 bits per heavy atom. The van der Waals surface area contributed by atoms with E-state index in [1.807, 2.05) is 19.1 Å². The Morgan fingerprint density at radius 3 is 2.87 bits per heavy atom. The lowest BCUT2D eigenvalue weighted by Gasteiger charge is -2.18. The predicted octanol–water partition coefficient (Wildman–Crippen LogP) is 2.62. The van der Waals surface area contributed by atoms with Crippen LogP contribution in [0.25, 0.3) is 0 Å². The van der Waals surface area contributed by atoms with Gasteiger partial charge < -0.3 is 4.90 Å². The van der Waals surface area contributed by atoms with Gasteiger partial charge in [-0.05, 0) is 25.1 Å². The summed E-state index contributed by atoms with van der Waals surface area (Å²) in [5.74, 6) is 0.0216. The first kappa shape index (κ1) is 11.9. The molecule has 0 aliphatic carbocycles. The number of benzene rings is 1. The van der Waals surface area contributed by atoms with E-state index in [9.17, 15) is 4.79 Å². The summed E-state index contributed by atoms with van der Waals surface area (Å²) >= 11 is 4.21. The van der Waals surface area contributed by atoms with Crippen molar-refractivity contribution in [3.05, 3.63) is 42.5 Å². The van der Waals surface area contributed by atoms with Gasteiger partial charge in [-0.15, -0.1) is 19.2 Å². The second kappa shape index (κ2) is 5.61. The summed E-state index contributed by atoms with van der Waals surface area (Å²) in [6.07, 6.45) is 1.73. The van der Waals surface area contributed by atoms with Gasteiger partial charge in [-0.1, -0.05) is 12.1 Å². The summed E-state index contributed by atoms with van der Waals surface area (Å²) in [6, 6.07) is 7.26. The van der Waals surface area contributed by atoms with Gasteiger partial charge in [-0.25, -0.2) is 0 Å². The molecular weight excluding hydrogens is 206 g/mol. The second-order valence-corrected chi connectivity index (χ2v) is 3.70. The molecule has 0 bridgehead atoms. The summed E-state index contributed by atoms with van der Waals surface area (Å²) < 4.78 is 0. The molecule has 0 heterocycles. The van der Waals surface area contributed by atoms with Crippen molar-refractivity contribution in [2.45, 2.75) is 11.8 Å². The average Bonchev–Trinajstić information content (AvgIpc) is 2.25. The van der Waals surface area contributed by atoms with Crippen LogP contribution in [0.3, 0.4) is 0 Å². The van der Waals surface area contributed by atoms with Crippen LogP contribution in [-0.2, 0) is 0 Å². The van der Waals surface area contributed by atoms with E-state index in [1.54, 1.807) is 23.1 Å². The zero-order valence-corrected chi connectivity index (χ0v) is 9.71. The Labute approximate surface area is 96.0 Å². The first-order valence-electron chi connectivity index (χ1n) is 4.88. The SMILES string of the molecule is C=CCN(CC)C(=O)c1cccc(S)c1. The van der Waals surface area contributed by atoms with Crippen LogP contribution in [0.5, 0.6) is 0 Å². The molecule has 0 aliphatic rings. The van der Waals surface area contributed by atoms with E-state index in [4.69, 9.17) is 0 Å². The van der Waals surface area contributed by atoms with Gasteiger partial charge in [0.15, 0.2) is 0 Å². The average molecular weight is 221 g/mol. The summed E-state index contributed by atoms with van der Waals surface area (Å²) in [4.78, 5) is 14.5. The van der Waals surface area contributed by atoms with Crippen molar-refractivity contribution in [1.82, 2.24) is 4.90 Å². The highest BCUT2D eigenvalue weighted by Gasteiger charge is 2.12. The maximum absolute atomic E-state index is 12.0. The number of carbonyl (C=O) groups is 1. The van der Waals surface area contributed by atoms with E-state index in [-0.39, 0.29) is 5.91 Å². The first-order valence-corrected chi connectivity index (χ1v) is 5.33. The van der Waals surface area contributed by atoms with Crippen LogP contribution in [0.15, 0.2) is 41.8 Å². The molecule has 0 unspecified atom stereocenters. The van der Waals surface area contributed by atoms with Gasteiger partial charge in [0.1, 0.15) is 0 Å². The van der Waals surface area contributed by atoms with Gasteiger partial charge in [0.05, 0.1) is 0 Å². The summed E-state index contributed by atoms with van der Waals surface area (Å²) in [7, 11) is 0. The van der Waals surface area contributed by atoms with E-state index < -0.39 is 0 Å². The molecule has 0 spiro atoms. The highest BCUT2D eigenvalue weighted by atomic mass is 32.1. The van der Waals surface area contributed by atoms with E-state index >= 15 is 0 Å². The third kappa shape index (κ3) is 3.13. The number of amides is 1. The fourth-order valence-corrected chi connectivity index (χ4v) is 1.56. The molecule has 0 saturated heterocycles. The van der Waals surface area contributed by atoms with Crippen molar-refractivity contribution in [2.24, 2.45) is 0 Å². The minimum Gasteiger partial charge on any atom is -0.335 e. The molecule has 0 saturated carbocycles. The van der Waals surface area contributed by atoms with Gasteiger partial charge in [-0.2, -0.15) is 0 Å². The topological polar surface area (TPSA) is 20.3 Å². The third-order valence-electron chi connectivity index (χ3n) is 2.11. The van der Waals surface area contributed by atoms with Gasteiger partial charge in [-0.3, -0.25) is 4.79 Å². The standard InChI is InChI=1S/C12H15NOS/c1-3-8-13(4-2)12(14)10-6-5-7-11(15)9-10/h3,5-7,9,15H,1,4,8H2,2H3. The van der Waals surface area contributed by atoms with Crippen molar-refractivity contribution in [2.75, 3.05) is 13.1 Å². The van der Waals surface area contributed by atoms with Gasteiger partial charge >= 0.3 is 0 Å². The Bertz CT molecular complexity index is 362. The molecule has 80 valence electrons. The highest BCUT2D eigenvalue weighted by Crippen LogP contribution is 2.11. The molecule has 3 heteroatoms. The lowest BCUT2D eigenvalue weighted by Crippen LogP contribution is -2.30. The molecule has 0 atom stereocenters. The minimum absolute atomic E-state index is 0.0216. The number of nitrogens with zero attached hydrogens (tertiary/aromatic N) is 1. The number of likely N-dealkylation sites (N-methyl/N-ethyl adjacent to an activating group) is 1. The molecule has 0 aromatic heterocycles. The maximum atomic E-state index is 12.0. The molecule has 0 radical (unpaired) electrons. The fraction of sp³-hybridized carbons (Fsp3) is 0.250. The Balaban J connectivity index is 2.87. The van der Waals surface area contributed by atoms with Crippen molar-refractivity contribution >= 4 is 18.5 Å². The zero-order chi connectivity index (χ0) is 11.3. The largest absolute Gasteiger partial charge is 0.335 e. The fourth-order valence-electron chi connectivity index (χ4n) is 1.33. The Hall–Kier alpha value is -1.22. The molecule has 1 aromatic rings. The number of hydrogen-bond acceptors (Lipinski definition) is 2. The number of thiol groups is 1. The molecule has 2 nitrogen and oxygen atoms in total. The molecule has 15 heavy (non-hydrogen) atoms. The quantitative estimate of drug-likeness (QED) is 0.612. The minimum atomic E-state index is 0.0216. The van der Waals surface area contributed by atoms with Crippen LogP contribution in [0.1, 0.15) is 17.3 Å². The van der Waals surface area contributed by atoms with Gasteiger partial charge in [0, 0.05) is 23.5 Å². The van der Waals surface area contributed by atoms with Crippen LogP contribution in [0.2, 0.25) is 0 Å². The maximum Gasteiger partial charge on any atom is 0.254 e. The van der Waals surface area contributed by atoms with Crippen molar-refractivity contribution in [3.8, 4) is 0 Å². The lowest BCUT2D eigenvalue weighted by atomic mass is 10.2. The molecular formula is C12H15NOS. The smallest absolute Gasteiger partial charge is 0.254 e. The van der Waals surface area contributed by atoms with E-state index in [2.05, 4.69) is 19.2 Å². The van der Waals surface area contributed by atoms with Crippen LogP contribution in [-0.4, -0.2) is 23.9 Å². The molecule has 0 fully saturated rings. The monoisotopic (exact) mass is 221 g/mol. The number of carbonyl (C=O) groups excluding carboxylic acids is 1. The van der Waals surface area contributed by atoms with Crippen LogP contribution in [0, 0.1) is 0 Å². The summed E-state index contributed by atoms with van der Waals surface area (Å²) in [5.41, 5.74) is 0.672. The van der Waals surface area contributed by atoms with Gasteiger partial charge in [0.2, 0.25) is 0 Å². The Kier molecular flexibility index (Phi) is 4.43. The normalized spacial score (nSPS) is 9.73.